The summed E-state index contributed by atoms with van der Waals surface area (Å²) in [6, 6.07) is 18.8. The summed E-state index contributed by atoms with van der Waals surface area (Å²) in [5, 5.41) is 24.8. The van der Waals surface area contributed by atoms with Crippen molar-refractivity contribution in [2.75, 3.05) is 40.6 Å². The predicted octanol–water partition coefficient (Wildman–Crippen LogP) is 7.84. The van der Waals surface area contributed by atoms with Crippen LogP contribution in [-0.4, -0.2) is 90.4 Å². The van der Waals surface area contributed by atoms with Gasteiger partial charge < -0.3 is 43.6 Å². The highest BCUT2D eigenvalue weighted by Crippen LogP contribution is 2.62. The molecule has 12 nitrogen and oxygen atoms in total. The Morgan fingerprint density at radius 3 is 2.61 bits per heavy atom. The molecule has 2 fully saturated rings. The number of carbonyl (C=O) groups is 1. The number of amides is 1. The molecule has 4 aliphatic rings. The molecule has 2 aliphatic heterocycles. The van der Waals surface area contributed by atoms with Crippen LogP contribution >= 0.6 is 0 Å². The van der Waals surface area contributed by atoms with E-state index in [2.05, 4.69) is 23.7 Å². The van der Waals surface area contributed by atoms with E-state index in [1.54, 1.807) is 18.1 Å². The van der Waals surface area contributed by atoms with Gasteiger partial charge in [-0.1, -0.05) is 48.3 Å². The number of aliphatic hydroxyl groups excluding tert-OH is 2. The minimum absolute atomic E-state index is 0.0856. The summed E-state index contributed by atoms with van der Waals surface area (Å²) in [5.41, 5.74) is 5.28. The Balaban J connectivity index is 1.38. The lowest BCUT2D eigenvalue weighted by atomic mass is 9.55. The number of likely N-dealkylation sites (N-methyl/N-ethyl adjacent to an activating group) is 1. The fourth-order valence-electron chi connectivity index (χ4n) is 9.83. The number of aromatic nitrogens is 1. The Kier molecular flexibility index (Phi) is 15.2. The van der Waals surface area contributed by atoms with Crippen molar-refractivity contribution in [3.05, 3.63) is 107 Å². The van der Waals surface area contributed by atoms with Crippen molar-refractivity contribution in [2.45, 2.75) is 108 Å². The topological polar surface area (TPSA) is 141 Å². The molecule has 7 rings (SSSR count). The monoisotopic (exact) mass is 837 g/mol. The fraction of sp³-hybridized carbons (Fsp3) is 0.531. The van der Waals surface area contributed by atoms with Crippen molar-refractivity contribution in [1.29, 1.82) is 0 Å². The van der Waals surface area contributed by atoms with Gasteiger partial charge >= 0.3 is 0 Å². The number of carbonyl (C=O) groups excluding carboxylic acids is 1. The van der Waals surface area contributed by atoms with Crippen molar-refractivity contribution in [1.82, 2.24) is 9.88 Å². The van der Waals surface area contributed by atoms with Gasteiger partial charge in [-0.2, -0.15) is 0 Å². The van der Waals surface area contributed by atoms with Gasteiger partial charge in [0.15, 0.2) is 0 Å². The first-order valence-electron chi connectivity index (χ1n) is 22.1. The number of aliphatic hydroxyl groups is 2. The van der Waals surface area contributed by atoms with E-state index in [0.717, 1.165) is 78.7 Å². The average Bonchev–Trinajstić information content (AvgIpc) is 3.28. The predicted molar refractivity (Wildman–Crippen MR) is 232 cm³/mol. The van der Waals surface area contributed by atoms with E-state index in [0.29, 0.717) is 49.7 Å². The third kappa shape index (κ3) is 10.1. The number of benzene rings is 2. The Morgan fingerprint density at radius 1 is 1.03 bits per heavy atom. The molecule has 7 unspecified atom stereocenters. The van der Waals surface area contributed by atoms with E-state index >= 15 is 0 Å². The zero-order chi connectivity index (χ0) is 42.8. The smallest absolute Gasteiger partial charge is 0.239 e. The molecule has 3 aromatic rings. The maximum Gasteiger partial charge on any atom is 0.239 e. The summed E-state index contributed by atoms with van der Waals surface area (Å²) < 4.78 is 32.3. The maximum atomic E-state index is 14.6. The number of hydrogen-bond acceptors (Lipinski definition) is 11. The van der Waals surface area contributed by atoms with Crippen LogP contribution in [0.1, 0.15) is 92.6 Å². The molecule has 0 spiro atoms. The maximum absolute atomic E-state index is 14.6. The average molecular weight is 838 g/mol. The number of hydrogen-bond donors (Lipinski definition) is 2. The standard InChI is InChI=1S/C49H63N3O9/c1-5-25-59-49-44(52(3)45(55)28-34-15-13-18-37(27-34)56-4)31-42(51-61-46-20-8-11-26-57-46)40-29-35(16-6-9-23-53)39(19-7-10-24-54)47(48(40)49)41-30-38(21-22-43(41)60-49)58-32-36-17-12-14-33(2)50-36/h5,12-15,17-18,21-22,27,29-30,35,39,44,46-48,53-54H,1,6-11,16,19-20,23-26,28,31-32H2,2-4H3. The lowest BCUT2D eigenvalue weighted by Crippen LogP contribution is -2.69. The van der Waals surface area contributed by atoms with Crippen molar-refractivity contribution in [3.8, 4) is 17.2 Å². The summed E-state index contributed by atoms with van der Waals surface area (Å²) in [4.78, 5) is 27.3. The normalized spacial score (nSPS) is 26.0. The Hall–Kier alpha value is -4.75. The molecule has 1 saturated carbocycles. The second kappa shape index (κ2) is 20.9. The molecule has 1 aromatic heterocycles. The SMILES string of the molecule is C=CCOC12Oc3ccc(OCc4cccc(C)n4)cc3C3C(CCCCO)C(CCCCO)C=C(C(=NOC4CCCCO4)CC1N(C)C(=O)Cc1cccc(OC)c1)C32. The van der Waals surface area contributed by atoms with E-state index in [-0.39, 0.29) is 49.9 Å². The molecule has 1 amide bonds. The van der Waals surface area contributed by atoms with E-state index in [1.165, 1.54) is 0 Å². The number of pyridine rings is 1. The first kappa shape index (κ1) is 44.3. The summed E-state index contributed by atoms with van der Waals surface area (Å²) >= 11 is 0. The highest BCUT2D eigenvalue weighted by molar-refractivity contribution is 6.03. The van der Waals surface area contributed by atoms with Crippen molar-refractivity contribution in [3.63, 3.8) is 0 Å². The first-order valence-corrected chi connectivity index (χ1v) is 22.1. The Bertz CT molecular complexity index is 2010. The second-order valence-corrected chi connectivity index (χ2v) is 16.8. The third-order valence-corrected chi connectivity index (χ3v) is 12.7. The third-order valence-electron chi connectivity index (χ3n) is 12.7. The lowest BCUT2D eigenvalue weighted by Gasteiger charge is -2.59. The van der Waals surface area contributed by atoms with Gasteiger partial charge in [0.1, 0.15) is 29.9 Å². The lowest BCUT2D eigenvalue weighted by molar-refractivity contribution is -0.255. The molecule has 328 valence electrons. The highest BCUT2D eigenvalue weighted by atomic mass is 16.8. The van der Waals surface area contributed by atoms with Gasteiger partial charge in [0.2, 0.25) is 18.0 Å². The van der Waals surface area contributed by atoms with Gasteiger partial charge in [0, 0.05) is 50.3 Å². The molecule has 2 aliphatic carbocycles. The zero-order valence-electron chi connectivity index (χ0n) is 36.0. The van der Waals surface area contributed by atoms with Crippen LogP contribution in [0.4, 0.5) is 0 Å². The summed E-state index contributed by atoms with van der Waals surface area (Å²) in [7, 11) is 3.44. The summed E-state index contributed by atoms with van der Waals surface area (Å²) in [6.07, 6.45) is 11.5. The minimum atomic E-state index is -1.35. The molecule has 1 saturated heterocycles. The molecular formula is C49H63N3O9. The number of oxime groups is 1. The van der Waals surface area contributed by atoms with Gasteiger partial charge in [-0.3, -0.25) is 9.78 Å². The van der Waals surface area contributed by atoms with Crippen molar-refractivity contribution < 1.29 is 43.5 Å². The number of nitrogens with zero attached hydrogens (tertiary/aromatic N) is 3. The van der Waals surface area contributed by atoms with Crippen molar-refractivity contribution in [2.24, 2.45) is 22.9 Å². The van der Waals surface area contributed by atoms with Gasteiger partial charge in [0.25, 0.3) is 0 Å². The van der Waals surface area contributed by atoms with E-state index in [4.69, 9.17) is 33.7 Å². The first-order chi connectivity index (χ1) is 29.8. The molecular weight excluding hydrogens is 775 g/mol. The number of fused-ring (bicyclic) bond motifs is 2. The van der Waals surface area contributed by atoms with Crippen LogP contribution in [0.15, 0.2) is 90.1 Å². The molecule has 0 radical (unpaired) electrons. The van der Waals surface area contributed by atoms with Crippen LogP contribution in [0.5, 0.6) is 17.2 Å². The van der Waals surface area contributed by atoms with Crippen LogP contribution in [0, 0.1) is 24.7 Å². The van der Waals surface area contributed by atoms with Crippen LogP contribution in [0.3, 0.4) is 0 Å². The number of ether oxygens (including phenoxy) is 5. The van der Waals surface area contributed by atoms with E-state index in [1.807, 2.05) is 68.6 Å². The quantitative estimate of drug-likeness (QED) is 0.0657. The zero-order valence-corrected chi connectivity index (χ0v) is 36.0. The van der Waals surface area contributed by atoms with Crippen molar-refractivity contribution >= 4 is 11.6 Å². The number of aryl methyl sites for hydroxylation is 1. The molecule has 3 heterocycles. The van der Waals surface area contributed by atoms with Gasteiger partial charge in [-0.25, -0.2) is 0 Å². The Morgan fingerprint density at radius 2 is 1.85 bits per heavy atom. The van der Waals surface area contributed by atoms with Crippen LogP contribution in [0.2, 0.25) is 0 Å². The van der Waals surface area contributed by atoms with Crippen LogP contribution in [0.25, 0.3) is 0 Å². The summed E-state index contributed by atoms with van der Waals surface area (Å²) in [5.74, 6) is 0.162. The van der Waals surface area contributed by atoms with Gasteiger partial charge in [0.05, 0.1) is 44.1 Å². The number of unbranched alkanes of at least 4 members (excludes halogenated alkanes) is 2. The van der Waals surface area contributed by atoms with Crippen LogP contribution < -0.4 is 14.2 Å². The minimum Gasteiger partial charge on any atom is -0.497 e. The van der Waals surface area contributed by atoms with E-state index < -0.39 is 24.0 Å². The van der Waals surface area contributed by atoms with Gasteiger partial charge in [-0.05, 0) is 111 Å². The Labute approximate surface area is 360 Å². The molecule has 2 N–H and O–H groups in total. The number of rotatable bonds is 20. The molecule has 61 heavy (non-hydrogen) atoms. The molecule has 0 bridgehead atoms. The van der Waals surface area contributed by atoms with Crippen LogP contribution in [-0.2, 0) is 32.1 Å². The molecule has 12 heteroatoms. The number of methoxy groups -OCH3 is 1. The second-order valence-electron chi connectivity index (χ2n) is 16.8. The fourth-order valence-corrected chi connectivity index (χ4v) is 9.83. The molecule has 2 aromatic carbocycles. The van der Waals surface area contributed by atoms with Gasteiger partial charge in [-0.15, -0.1) is 6.58 Å². The highest BCUT2D eigenvalue weighted by Gasteiger charge is 2.65. The number of allylic oxidation sites excluding steroid dienone is 1. The summed E-state index contributed by atoms with van der Waals surface area (Å²) in [6.45, 7) is 7.33. The molecule has 7 atom stereocenters. The van der Waals surface area contributed by atoms with E-state index in [9.17, 15) is 15.0 Å². The largest absolute Gasteiger partial charge is 0.497 e.